The van der Waals surface area contributed by atoms with Crippen LogP contribution in [0.25, 0.3) is 0 Å². The van der Waals surface area contributed by atoms with Crippen molar-refractivity contribution in [1.29, 1.82) is 0 Å². The first kappa shape index (κ1) is 12.6. The van der Waals surface area contributed by atoms with Gasteiger partial charge < -0.3 is 5.11 Å². The third-order valence-corrected chi connectivity index (χ3v) is 2.92. The van der Waals surface area contributed by atoms with Gasteiger partial charge in [0.2, 0.25) is 10.0 Å². The second-order valence-electron chi connectivity index (χ2n) is 2.93. The van der Waals surface area contributed by atoms with E-state index in [0.29, 0.717) is 6.42 Å². The van der Waals surface area contributed by atoms with E-state index in [1.54, 1.807) is 6.92 Å². The third-order valence-electron chi connectivity index (χ3n) is 1.69. The third kappa shape index (κ3) is 5.02. The van der Waals surface area contributed by atoms with E-state index in [9.17, 15) is 13.5 Å². The van der Waals surface area contributed by atoms with Crippen LogP contribution in [-0.4, -0.2) is 43.3 Å². The predicted molar refractivity (Wildman–Crippen MR) is 52.9 cm³/mol. The summed E-state index contributed by atoms with van der Waals surface area (Å²) >= 11 is 0. The summed E-state index contributed by atoms with van der Waals surface area (Å²) in [6, 6.07) is 0. The normalized spacial score (nSPS) is 14.5. The van der Waals surface area contributed by atoms with Gasteiger partial charge in [-0.1, -0.05) is 13.0 Å². The summed E-state index contributed by atoms with van der Waals surface area (Å²) in [6.45, 7) is 5.65. The molecule has 0 aliphatic carbocycles. The molecule has 0 aromatic rings. The number of nitrogens with zero attached hydrogens (tertiary/aromatic N) is 1. The minimum atomic E-state index is -3.23. The summed E-state index contributed by atoms with van der Waals surface area (Å²) in [5.41, 5.74) is 0. The van der Waals surface area contributed by atoms with Crippen molar-refractivity contribution >= 4 is 10.0 Å². The molecule has 0 rings (SSSR count). The largest absolute Gasteiger partial charge is 0.392 e. The zero-order chi connectivity index (χ0) is 10.5. The Hall–Kier alpha value is -0.390. The summed E-state index contributed by atoms with van der Waals surface area (Å²) in [5.74, 6) is 0. The van der Waals surface area contributed by atoms with Crippen LogP contribution in [-0.2, 0) is 10.0 Å². The van der Waals surface area contributed by atoms with Crippen LogP contribution in [0, 0.1) is 0 Å². The minimum Gasteiger partial charge on any atom is -0.392 e. The van der Waals surface area contributed by atoms with Crippen LogP contribution in [0.5, 0.6) is 0 Å². The quantitative estimate of drug-likeness (QED) is 0.633. The lowest BCUT2D eigenvalue weighted by atomic mass is 10.3. The van der Waals surface area contributed by atoms with Gasteiger partial charge in [0.05, 0.1) is 12.4 Å². The molecule has 1 N–H and O–H groups in total. The Labute approximate surface area is 79.9 Å². The molecule has 1 atom stereocenters. The lowest BCUT2D eigenvalue weighted by molar-refractivity contribution is 0.145. The molecule has 0 heterocycles. The number of sulfonamides is 1. The van der Waals surface area contributed by atoms with Crippen LogP contribution < -0.4 is 0 Å². The molecule has 0 radical (unpaired) electrons. The van der Waals surface area contributed by atoms with Crippen molar-refractivity contribution in [2.45, 2.75) is 19.4 Å². The molecule has 4 nitrogen and oxygen atoms in total. The molecule has 0 unspecified atom stereocenters. The average Bonchev–Trinajstić information content (AvgIpc) is 2.01. The van der Waals surface area contributed by atoms with Crippen molar-refractivity contribution in [3.05, 3.63) is 12.7 Å². The number of hydrogen-bond acceptors (Lipinski definition) is 3. The van der Waals surface area contributed by atoms with Gasteiger partial charge >= 0.3 is 0 Å². The highest BCUT2D eigenvalue weighted by molar-refractivity contribution is 7.88. The van der Waals surface area contributed by atoms with E-state index >= 15 is 0 Å². The molecule has 0 aromatic carbocycles. The van der Waals surface area contributed by atoms with Gasteiger partial charge in [-0.25, -0.2) is 8.42 Å². The Balaban J connectivity index is 4.35. The summed E-state index contributed by atoms with van der Waals surface area (Å²) in [4.78, 5) is 0. The van der Waals surface area contributed by atoms with Gasteiger partial charge in [0, 0.05) is 13.1 Å². The fraction of sp³-hybridized carbons (Fsp3) is 0.750. The highest BCUT2D eigenvalue weighted by atomic mass is 32.2. The zero-order valence-electron chi connectivity index (χ0n) is 8.10. The molecular weight excluding hydrogens is 190 g/mol. The van der Waals surface area contributed by atoms with Crippen LogP contribution >= 0.6 is 0 Å². The molecule has 0 aliphatic rings. The number of aliphatic hydroxyl groups is 1. The zero-order valence-corrected chi connectivity index (χ0v) is 8.92. The van der Waals surface area contributed by atoms with E-state index in [2.05, 4.69) is 6.58 Å². The molecule has 13 heavy (non-hydrogen) atoms. The SMILES string of the molecule is C=CCN(C[C@@H](O)CC)S(C)(=O)=O. The molecule has 0 fully saturated rings. The lowest BCUT2D eigenvalue weighted by Gasteiger charge is -2.20. The van der Waals surface area contributed by atoms with Crippen molar-refractivity contribution in [3.63, 3.8) is 0 Å². The van der Waals surface area contributed by atoms with Gasteiger partial charge in [0.1, 0.15) is 0 Å². The molecule has 0 spiro atoms. The molecular formula is C8H17NO3S. The first-order valence-corrected chi connectivity index (χ1v) is 6.00. The van der Waals surface area contributed by atoms with Gasteiger partial charge in [-0.2, -0.15) is 4.31 Å². The maximum Gasteiger partial charge on any atom is 0.211 e. The van der Waals surface area contributed by atoms with E-state index < -0.39 is 16.1 Å². The smallest absolute Gasteiger partial charge is 0.211 e. The maximum atomic E-state index is 11.1. The van der Waals surface area contributed by atoms with E-state index in [1.807, 2.05) is 0 Å². The molecule has 5 heteroatoms. The molecule has 0 aliphatic heterocycles. The molecule has 0 aromatic heterocycles. The molecule has 0 saturated heterocycles. The summed E-state index contributed by atoms with van der Waals surface area (Å²) in [5, 5.41) is 9.28. The number of hydrogen-bond donors (Lipinski definition) is 1. The van der Waals surface area contributed by atoms with Crippen LogP contribution in [0.4, 0.5) is 0 Å². The topological polar surface area (TPSA) is 57.6 Å². The highest BCUT2D eigenvalue weighted by Gasteiger charge is 2.17. The van der Waals surface area contributed by atoms with Crippen LogP contribution in [0.15, 0.2) is 12.7 Å². The first-order valence-electron chi connectivity index (χ1n) is 4.15. The van der Waals surface area contributed by atoms with Crippen molar-refractivity contribution in [2.24, 2.45) is 0 Å². The van der Waals surface area contributed by atoms with Crippen molar-refractivity contribution < 1.29 is 13.5 Å². The van der Waals surface area contributed by atoms with E-state index in [4.69, 9.17) is 0 Å². The molecule has 78 valence electrons. The summed E-state index contributed by atoms with van der Waals surface area (Å²) < 4.78 is 23.5. The van der Waals surface area contributed by atoms with Crippen molar-refractivity contribution in [2.75, 3.05) is 19.3 Å². The van der Waals surface area contributed by atoms with Crippen molar-refractivity contribution in [3.8, 4) is 0 Å². The standard InChI is InChI=1S/C8H17NO3S/c1-4-6-9(13(3,11)12)7-8(10)5-2/h4,8,10H,1,5-7H2,2-3H3/t8-/m0/s1. The Kier molecular flexibility index (Phi) is 5.20. The molecule has 0 bridgehead atoms. The monoisotopic (exact) mass is 207 g/mol. The van der Waals surface area contributed by atoms with Gasteiger partial charge in [-0.3, -0.25) is 0 Å². The fourth-order valence-electron chi connectivity index (χ4n) is 0.853. The van der Waals surface area contributed by atoms with Crippen LogP contribution in [0.3, 0.4) is 0 Å². The average molecular weight is 207 g/mol. The predicted octanol–water partition coefficient (Wildman–Crippen LogP) is 0.205. The van der Waals surface area contributed by atoms with Crippen LogP contribution in [0.1, 0.15) is 13.3 Å². The van der Waals surface area contributed by atoms with E-state index in [1.165, 1.54) is 10.4 Å². The Morgan fingerprint density at radius 2 is 2.15 bits per heavy atom. The van der Waals surface area contributed by atoms with Gasteiger partial charge in [-0.15, -0.1) is 6.58 Å². The lowest BCUT2D eigenvalue weighted by Crippen LogP contribution is -2.36. The molecule has 0 saturated carbocycles. The van der Waals surface area contributed by atoms with Crippen molar-refractivity contribution in [1.82, 2.24) is 4.31 Å². The second kappa shape index (κ2) is 5.36. The Morgan fingerprint density at radius 1 is 1.62 bits per heavy atom. The number of rotatable bonds is 6. The highest BCUT2D eigenvalue weighted by Crippen LogP contribution is 2.02. The van der Waals surface area contributed by atoms with E-state index in [0.717, 1.165) is 6.26 Å². The van der Waals surface area contributed by atoms with Gasteiger partial charge in [0.15, 0.2) is 0 Å². The Morgan fingerprint density at radius 3 is 2.46 bits per heavy atom. The summed E-state index contributed by atoms with van der Waals surface area (Å²) in [7, 11) is -3.23. The fourth-order valence-corrected chi connectivity index (χ4v) is 1.67. The van der Waals surface area contributed by atoms with Gasteiger partial charge in [-0.05, 0) is 6.42 Å². The van der Waals surface area contributed by atoms with Gasteiger partial charge in [0.25, 0.3) is 0 Å². The first-order chi connectivity index (χ1) is 5.91. The van der Waals surface area contributed by atoms with E-state index in [-0.39, 0.29) is 13.1 Å². The minimum absolute atomic E-state index is 0.140. The maximum absolute atomic E-state index is 11.1. The second-order valence-corrected chi connectivity index (χ2v) is 4.91. The van der Waals surface area contributed by atoms with Crippen LogP contribution in [0.2, 0.25) is 0 Å². The Bertz CT molecular complexity index is 248. The molecule has 0 amide bonds. The summed E-state index contributed by atoms with van der Waals surface area (Å²) in [6.07, 6.45) is 2.57. The number of aliphatic hydroxyl groups excluding tert-OH is 1.